The van der Waals surface area contributed by atoms with Crippen LogP contribution in [-0.2, 0) is 0 Å². The first-order valence-electron chi connectivity index (χ1n) is 6.58. The maximum absolute atomic E-state index is 10.2. The third kappa shape index (κ3) is 5.37. The molecule has 3 aliphatic heterocycles. The van der Waals surface area contributed by atoms with Crippen molar-refractivity contribution in [2.24, 2.45) is 0 Å². The number of non-ortho nitro benzene ring substituents is 1. The largest absolute Gasteiger partial charge is 0.545 e. The number of benzene rings is 1. The first-order valence-corrected chi connectivity index (χ1v) is 6.58. The minimum atomic E-state index is -1.34. The molecule has 0 aromatic heterocycles. The van der Waals surface area contributed by atoms with Gasteiger partial charge in [0.05, 0.1) is 30.5 Å². The third-order valence-electron chi connectivity index (χ3n) is 3.66. The quantitative estimate of drug-likeness (QED) is 0.443. The molecule has 1 aromatic carbocycles. The number of carbonyl (C=O) groups is 1. The minimum absolute atomic E-state index is 0. The van der Waals surface area contributed by atoms with Crippen LogP contribution in [0.3, 0.4) is 0 Å². The molecule has 22 heavy (non-hydrogen) atoms. The molecule has 0 amide bonds. The number of nitro benzene ring substituents is 1. The highest BCUT2D eigenvalue weighted by Crippen LogP contribution is 2.10. The van der Waals surface area contributed by atoms with Gasteiger partial charge in [0.1, 0.15) is 0 Å². The molecule has 0 unspecified atom stereocenters. The molecule has 3 heterocycles. The average molecular weight is 315 g/mol. The Morgan fingerprint density at radius 1 is 1.05 bits per heavy atom. The van der Waals surface area contributed by atoms with E-state index >= 15 is 0 Å². The normalized spacial score (nSPS) is 21.5. The highest BCUT2D eigenvalue weighted by molar-refractivity contribution is 5.85. The van der Waals surface area contributed by atoms with Gasteiger partial charge in [-0.2, -0.15) is 0 Å². The van der Waals surface area contributed by atoms with Gasteiger partial charge in [0.25, 0.3) is 5.69 Å². The molecule has 3 fully saturated rings. The van der Waals surface area contributed by atoms with Crippen molar-refractivity contribution in [1.29, 1.82) is 0 Å². The van der Waals surface area contributed by atoms with E-state index in [2.05, 4.69) is 4.90 Å². The maximum atomic E-state index is 10.2. The fraction of sp³-hybridized carbons (Fsp3) is 0.462. The van der Waals surface area contributed by atoms with Crippen molar-refractivity contribution >= 4 is 11.7 Å². The Morgan fingerprint density at radius 2 is 1.50 bits per heavy atom. The van der Waals surface area contributed by atoms with Crippen LogP contribution in [0.4, 0.5) is 5.69 Å². The molecule has 9 nitrogen and oxygen atoms in total. The summed E-state index contributed by atoms with van der Waals surface area (Å²) < 4.78 is 0. The molecule has 0 saturated carbocycles. The van der Waals surface area contributed by atoms with Crippen LogP contribution in [-0.4, -0.2) is 66.0 Å². The summed E-state index contributed by atoms with van der Waals surface area (Å²) in [5, 5.41) is 20.3. The minimum Gasteiger partial charge on any atom is -0.545 e. The zero-order valence-corrected chi connectivity index (χ0v) is 12.1. The Kier molecular flexibility index (Phi) is 8.20. The first kappa shape index (κ1) is 19.9. The van der Waals surface area contributed by atoms with Gasteiger partial charge >= 0.3 is 0 Å². The van der Waals surface area contributed by atoms with E-state index < -0.39 is 10.9 Å². The molecule has 0 radical (unpaired) electrons. The van der Waals surface area contributed by atoms with Gasteiger partial charge in [-0.25, -0.2) is 0 Å². The van der Waals surface area contributed by atoms with E-state index in [0.29, 0.717) is 0 Å². The fourth-order valence-corrected chi connectivity index (χ4v) is 2.38. The molecule has 2 bridgehead atoms. The molecule has 0 spiro atoms. The molecule has 3 saturated heterocycles. The third-order valence-corrected chi connectivity index (χ3v) is 3.66. The number of aromatic carboxylic acids is 1. The van der Waals surface area contributed by atoms with Crippen molar-refractivity contribution in [2.45, 2.75) is 0 Å². The Labute approximate surface area is 127 Å². The molecule has 0 aliphatic carbocycles. The Bertz CT molecular complexity index is 429. The number of carboxylic acid groups (broad SMARTS) is 1. The van der Waals surface area contributed by atoms with E-state index in [-0.39, 0.29) is 22.2 Å². The maximum Gasteiger partial charge on any atom is 0.269 e. The van der Waals surface area contributed by atoms with Crippen LogP contribution in [0, 0.1) is 10.1 Å². The number of hydrogen-bond donors (Lipinski definition) is 1. The number of nitro groups is 1. The van der Waals surface area contributed by atoms with Gasteiger partial charge in [-0.15, -0.1) is 0 Å². The number of hydrogen-bond acceptors (Lipinski definition) is 5. The van der Waals surface area contributed by atoms with E-state index in [0.717, 1.165) is 24.3 Å². The van der Waals surface area contributed by atoms with Crippen molar-refractivity contribution in [3.63, 3.8) is 0 Å². The first-order chi connectivity index (χ1) is 9.56. The van der Waals surface area contributed by atoms with Gasteiger partial charge in [0, 0.05) is 31.8 Å². The van der Waals surface area contributed by atoms with Crippen LogP contribution in [0.15, 0.2) is 24.3 Å². The number of carboxylic acids is 1. The van der Waals surface area contributed by atoms with Crippen molar-refractivity contribution in [3.8, 4) is 0 Å². The summed E-state index contributed by atoms with van der Waals surface area (Å²) in [5.74, 6) is -1.34. The second-order valence-corrected chi connectivity index (χ2v) is 4.93. The lowest BCUT2D eigenvalue weighted by Crippen LogP contribution is -3.17. The van der Waals surface area contributed by atoms with Crippen LogP contribution in [0.5, 0.6) is 0 Å². The van der Waals surface area contributed by atoms with Crippen LogP contribution in [0.2, 0.25) is 0 Å². The van der Waals surface area contributed by atoms with Crippen molar-refractivity contribution in [1.82, 2.24) is 4.90 Å². The summed E-state index contributed by atoms with van der Waals surface area (Å²) in [6.07, 6.45) is 0. The van der Waals surface area contributed by atoms with Gasteiger partial charge in [0.15, 0.2) is 0 Å². The standard InChI is InChI=1S/C7H5NO4.C6H12N2.2H2O/c9-7(10)5-1-3-6(4-2-5)8(11)12;1-2-8-5-3-7(1)4-6-8;;/h1-4H,(H,9,10);1-6H2;2*1H2. The second kappa shape index (κ2) is 9.05. The zero-order valence-electron chi connectivity index (χ0n) is 12.1. The summed E-state index contributed by atoms with van der Waals surface area (Å²) in [7, 11) is 0. The Hall–Kier alpha value is -2.07. The van der Waals surface area contributed by atoms with Gasteiger partial charge in [0.2, 0.25) is 0 Å². The van der Waals surface area contributed by atoms with Crippen molar-refractivity contribution < 1.29 is 30.7 Å². The van der Waals surface area contributed by atoms with Gasteiger partial charge < -0.3 is 25.8 Å². The SMILES string of the molecule is C1C[NH+]2CCN1CC2.O.O.O=C([O-])c1ccc([N+](=O)[O-])cc1. The molecule has 4 rings (SSSR count). The summed E-state index contributed by atoms with van der Waals surface area (Å²) in [4.78, 5) is 24.1. The number of carbonyl (C=O) groups excluding carboxylic acids is 1. The molecule has 124 valence electrons. The monoisotopic (exact) mass is 315 g/mol. The summed E-state index contributed by atoms with van der Waals surface area (Å²) in [6, 6.07) is 4.50. The Balaban J connectivity index is 0.000000387. The Morgan fingerprint density at radius 3 is 1.73 bits per heavy atom. The fourth-order valence-electron chi connectivity index (χ4n) is 2.38. The molecule has 9 heteroatoms. The van der Waals surface area contributed by atoms with Crippen LogP contribution < -0.4 is 10.0 Å². The summed E-state index contributed by atoms with van der Waals surface area (Å²) in [5.41, 5.74) is -0.208. The lowest BCUT2D eigenvalue weighted by molar-refractivity contribution is -0.914. The van der Waals surface area contributed by atoms with E-state index in [1.807, 2.05) is 4.90 Å². The van der Waals surface area contributed by atoms with E-state index in [1.54, 1.807) is 0 Å². The smallest absolute Gasteiger partial charge is 0.269 e. The summed E-state index contributed by atoms with van der Waals surface area (Å²) >= 11 is 0. The van der Waals surface area contributed by atoms with Gasteiger partial charge in [-0.1, -0.05) is 0 Å². The highest BCUT2D eigenvalue weighted by atomic mass is 16.6. The number of piperazine rings is 3. The van der Waals surface area contributed by atoms with E-state index in [9.17, 15) is 20.0 Å². The van der Waals surface area contributed by atoms with Crippen molar-refractivity contribution in [3.05, 3.63) is 39.9 Å². The zero-order chi connectivity index (χ0) is 14.5. The summed E-state index contributed by atoms with van der Waals surface area (Å²) in [6.45, 7) is 8.28. The number of quaternary nitrogens is 1. The molecule has 5 N–H and O–H groups in total. The van der Waals surface area contributed by atoms with E-state index in [1.165, 1.54) is 39.3 Å². The topological polar surface area (TPSA) is 154 Å². The highest BCUT2D eigenvalue weighted by Gasteiger charge is 2.25. The molecule has 1 aromatic rings. The van der Waals surface area contributed by atoms with Gasteiger partial charge in [-0.3, -0.25) is 15.0 Å². The predicted octanol–water partition coefficient (Wildman–Crippen LogP) is -3.49. The molecule has 0 atom stereocenters. The lowest BCUT2D eigenvalue weighted by atomic mass is 10.2. The molecular formula is C13H21N3O6. The number of nitrogens with one attached hydrogen (secondary N) is 1. The van der Waals surface area contributed by atoms with Crippen LogP contribution in [0.25, 0.3) is 0 Å². The number of rotatable bonds is 2. The van der Waals surface area contributed by atoms with Gasteiger partial charge in [-0.05, 0) is 17.7 Å². The number of nitrogens with zero attached hydrogens (tertiary/aromatic N) is 2. The molecular weight excluding hydrogens is 294 g/mol. The predicted molar refractivity (Wildman–Crippen MR) is 76.7 cm³/mol. The van der Waals surface area contributed by atoms with Crippen molar-refractivity contribution in [2.75, 3.05) is 39.3 Å². The number of fused-ring (bicyclic) bond motifs is 3. The van der Waals surface area contributed by atoms with E-state index in [4.69, 9.17) is 0 Å². The average Bonchev–Trinajstić information content (AvgIpc) is 2.50. The molecule has 3 aliphatic rings. The van der Waals surface area contributed by atoms with Crippen LogP contribution in [0.1, 0.15) is 10.4 Å². The lowest BCUT2D eigenvalue weighted by Gasteiger charge is -2.38. The second-order valence-electron chi connectivity index (χ2n) is 4.93. The van der Waals surface area contributed by atoms with Crippen LogP contribution >= 0.6 is 0 Å².